The topological polar surface area (TPSA) is 69.6 Å². The minimum absolute atomic E-state index is 0.129. The SMILES string of the molecule is CN(C)c1cccc(NS(=O)(=O)c2cccc(CO)c2)c1. The van der Waals surface area contributed by atoms with Gasteiger partial charge in [-0.05, 0) is 35.9 Å². The van der Waals surface area contributed by atoms with Crippen molar-refractivity contribution in [1.29, 1.82) is 0 Å². The molecule has 21 heavy (non-hydrogen) atoms. The molecular formula is C15H18N2O3S. The molecule has 0 amide bonds. The molecule has 0 atom stereocenters. The number of sulfonamides is 1. The summed E-state index contributed by atoms with van der Waals surface area (Å²) in [6.07, 6.45) is 0. The smallest absolute Gasteiger partial charge is 0.261 e. The predicted octanol–water partition coefficient (Wildman–Crippen LogP) is 2.05. The Labute approximate surface area is 124 Å². The molecule has 0 bridgehead atoms. The summed E-state index contributed by atoms with van der Waals surface area (Å²) in [5.74, 6) is 0. The van der Waals surface area contributed by atoms with Crippen LogP contribution in [0.1, 0.15) is 5.56 Å². The molecule has 2 rings (SSSR count). The van der Waals surface area contributed by atoms with Gasteiger partial charge in [0.25, 0.3) is 10.0 Å². The molecule has 0 radical (unpaired) electrons. The van der Waals surface area contributed by atoms with Crippen LogP contribution in [0.3, 0.4) is 0 Å². The summed E-state index contributed by atoms with van der Waals surface area (Å²) in [5, 5.41) is 9.09. The normalized spacial score (nSPS) is 11.2. The Hall–Kier alpha value is -2.05. The molecule has 112 valence electrons. The Balaban J connectivity index is 2.30. The zero-order valence-electron chi connectivity index (χ0n) is 11.9. The van der Waals surface area contributed by atoms with Crippen LogP contribution in [0.15, 0.2) is 53.4 Å². The Morgan fingerprint density at radius 3 is 2.48 bits per heavy atom. The van der Waals surface area contributed by atoms with Crippen LogP contribution in [0.5, 0.6) is 0 Å². The molecule has 2 aromatic carbocycles. The number of nitrogens with zero attached hydrogens (tertiary/aromatic N) is 1. The lowest BCUT2D eigenvalue weighted by Gasteiger charge is -2.14. The maximum absolute atomic E-state index is 12.3. The molecule has 0 aliphatic carbocycles. The summed E-state index contributed by atoms with van der Waals surface area (Å²) in [5.41, 5.74) is 1.95. The number of hydrogen-bond donors (Lipinski definition) is 2. The van der Waals surface area contributed by atoms with Crippen LogP contribution >= 0.6 is 0 Å². The fourth-order valence-corrected chi connectivity index (χ4v) is 2.99. The van der Waals surface area contributed by atoms with E-state index >= 15 is 0 Å². The van der Waals surface area contributed by atoms with Gasteiger partial charge in [0.1, 0.15) is 0 Å². The maximum atomic E-state index is 12.3. The van der Waals surface area contributed by atoms with Gasteiger partial charge in [-0.3, -0.25) is 4.72 Å². The van der Waals surface area contributed by atoms with Crippen LogP contribution in [0, 0.1) is 0 Å². The van der Waals surface area contributed by atoms with Crippen LogP contribution in [-0.2, 0) is 16.6 Å². The molecule has 0 heterocycles. The molecule has 0 saturated carbocycles. The molecule has 0 unspecified atom stereocenters. The Morgan fingerprint density at radius 1 is 1.10 bits per heavy atom. The van der Waals surface area contributed by atoms with Crippen molar-refractivity contribution in [2.24, 2.45) is 0 Å². The van der Waals surface area contributed by atoms with Crippen LogP contribution < -0.4 is 9.62 Å². The summed E-state index contributed by atoms with van der Waals surface area (Å²) in [4.78, 5) is 2.02. The zero-order chi connectivity index (χ0) is 15.5. The first-order chi connectivity index (χ1) is 9.92. The van der Waals surface area contributed by atoms with E-state index in [0.29, 0.717) is 11.3 Å². The highest BCUT2D eigenvalue weighted by atomic mass is 32.2. The second-order valence-electron chi connectivity index (χ2n) is 4.86. The van der Waals surface area contributed by atoms with Crippen molar-refractivity contribution >= 4 is 21.4 Å². The number of rotatable bonds is 5. The largest absolute Gasteiger partial charge is 0.392 e. The molecule has 6 heteroatoms. The molecule has 2 aromatic rings. The van der Waals surface area contributed by atoms with Gasteiger partial charge in [0, 0.05) is 19.8 Å². The summed E-state index contributed by atoms with van der Waals surface area (Å²) in [7, 11) is 0.106. The fourth-order valence-electron chi connectivity index (χ4n) is 1.87. The van der Waals surface area contributed by atoms with Gasteiger partial charge in [-0.2, -0.15) is 0 Å². The standard InChI is InChI=1S/C15H18N2O3S/c1-17(2)14-7-4-6-13(10-14)16-21(19,20)15-8-3-5-12(9-15)11-18/h3-10,16,18H,11H2,1-2H3. The third-order valence-corrected chi connectivity index (χ3v) is 4.39. The Morgan fingerprint density at radius 2 is 1.81 bits per heavy atom. The highest BCUT2D eigenvalue weighted by molar-refractivity contribution is 7.92. The van der Waals surface area contributed by atoms with Crippen molar-refractivity contribution in [3.63, 3.8) is 0 Å². The molecule has 2 N–H and O–H groups in total. The lowest BCUT2D eigenvalue weighted by molar-refractivity contribution is 0.281. The molecule has 0 fully saturated rings. The average molecular weight is 306 g/mol. The number of hydrogen-bond acceptors (Lipinski definition) is 4. The van der Waals surface area contributed by atoms with E-state index in [4.69, 9.17) is 5.11 Å². The third kappa shape index (κ3) is 3.74. The first-order valence-electron chi connectivity index (χ1n) is 6.42. The van der Waals surface area contributed by atoms with Crippen molar-refractivity contribution in [2.75, 3.05) is 23.7 Å². The Kier molecular flexibility index (Phi) is 4.50. The van der Waals surface area contributed by atoms with E-state index in [1.54, 1.807) is 30.3 Å². The lowest BCUT2D eigenvalue weighted by Crippen LogP contribution is -2.14. The third-order valence-electron chi connectivity index (χ3n) is 3.01. The Bertz CT molecular complexity index is 727. The van der Waals surface area contributed by atoms with Crippen molar-refractivity contribution < 1.29 is 13.5 Å². The van der Waals surface area contributed by atoms with Crippen LogP contribution in [-0.4, -0.2) is 27.6 Å². The summed E-state index contributed by atoms with van der Waals surface area (Å²) >= 11 is 0. The van der Waals surface area contributed by atoms with E-state index in [-0.39, 0.29) is 11.5 Å². The van der Waals surface area contributed by atoms with Gasteiger partial charge in [0.2, 0.25) is 0 Å². The quantitative estimate of drug-likeness (QED) is 0.887. The number of aliphatic hydroxyl groups is 1. The first-order valence-corrected chi connectivity index (χ1v) is 7.91. The summed E-state index contributed by atoms with van der Waals surface area (Å²) in [6.45, 7) is -0.195. The van der Waals surface area contributed by atoms with E-state index in [1.165, 1.54) is 12.1 Å². The van der Waals surface area contributed by atoms with Gasteiger partial charge in [-0.15, -0.1) is 0 Å². The maximum Gasteiger partial charge on any atom is 0.261 e. The molecule has 0 aliphatic heterocycles. The fraction of sp³-hybridized carbons (Fsp3) is 0.200. The van der Waals surface area contributed by atoms with Gasteiger partial charge in [0.05, 0.1) is 17.2 Å². The molecule has 0 aliphatic rings. The highest BCUT2D eigenvalue weighted by Gasteiger charge is 2.14. The minimum atomic E-state index is -3.67. The average Bonchev–Trinajstić information content (AvgIpc) is 2.47. The van der Waals surface area contributed by atoms with Gasteiger partial charge < -0.3 is 10.0 Å². The van der Waals surface area contributed by atoms with Gasteiger partial charge in [-0.1, -0.05) is 18.2 Å². The van der Waals surface area contributed by atoms with Crippen molar-refractivity contribution in [3.8, 4) is 0 Å². The second kappa shape index (κ2) is 6.15. The number of anilines is 2. The van der Waals surface area contributed by atoms with Gasteiger partial charge >= 0.3 is 0 Å². The van der Waals surface area contributed by atoms with Crippen LogP contribution in [0.25, 0.3) is 0 Å². The van der Waals surface area contributed by atoms with E-state index in [9.17, 15) is 8.42 Å². The van der Waals surface area contributed by atoms with E-state index in [2.05, 4.69) is 4.72 Å². The van der Waals surface area contributed by atoms with Gasteiger partial charge in [-0.25, -0.2) is 8.42 Å². The minimum Gasteiger partial charge on any atom is -0.392 e. The zero-order valence-corrected chi connectivity index (χ0v) is 12.8. The van der Waals surface area contributed by atoms with Crippen molar-refractivity contribution in [2.45, 2.75) is 11.5 Å². The summed E-state index contributed by atoms with van der Waals surface area (Å²) in [6, 6.07) is 13.4. The van der Waals surface area contributed by atoms with Crippen molar-refractivity contribution in [1.82, 2.24) is 0 Å². The van der Waals surface area contributed by atoms with E-state index in [0.717, 1.165) is 5.69 Å². The number of aliphatic hydroxyl groups excluding tert-OH is 1. The molecular weight excluding hydrogens is 288 g/mol. The summed E-state index contributed by atoms with van der Waals surface area (Å²) < 4.78 is 27.2. The monoisotopic (exact) mass is 306 g/mol. The van der Waals surface area contributed by atoms with Crippen LogP contribution in [0.4, 0.5) is 11.4 Å². The highest BCUT2D eigenvalue weighted by Crippen LogP contribution is 2.21. The predicted molar refractivity (Wildman–Crippen MR) is 83.9 cm³/mol. The first kappa shape index (κ1) is 15.3. The second-order valence-corrected chi connectivity index (χ2v) is 6.54. The van der Waals surface area contributed by atoms with E-state index in [1.807, 2.05) is 25.1 Å². The molecule has 5 nitrogen and oxygen atoms in total. The number of nitrogens with one attached hydrogen (secondary N) is 1. The van der Waals surface area contributed by atoms with Gasteiger partial charge in [0.15, 0.2) is 0 Å². The number of benzene rings is 2. The lowest BCUT2D eigenvalue weighted by atomic mass is 10.2. The van der Waals surface area contributed by atoms with Crippen LogP contribution in [0.2, 0.25) is 0 Å². The van der Waals surface area contributed by atoms with E-state index < -0.39 is 10.0 Å². The molecule has 0 aromatic heterocycles. The molecule has 0 spiro atoms. The molecule has 0 saturated heterocycles. The van der Waals surface area contributed by atoms with Crippen molar-refractivity contribution in [3.05, 3.63) is 54.1 Å².